The second-order valence-corrected chi connectivity index (χ2v) is 6.23. The summed E-state index contributed by atoms with van der Waals surface area (Å²) in [6, 6.07) is 6.56. The summed E-state index contributed by atoms with van der Waals surface area (Å²) in [5, 5.41) is 14.0. The Bertz CT molecular complexity index is 452. The summed E-state index contributed by atoms with van der Waals surface area (Å²) < 4.78 is 0. The van der Waals surface area contributed by atoms with Crippen LogP contribution in [0.2, 0.25) is 0 Å². The number of nitrogens with zero attached hydrogens (tertiary/aromatic N) is 1. The van der Waals surface area contributed by atoms with E-state index in [1.54, 1.807) is 0 Å². The second-order valence-electron chi connectivity index (χ2n) is 6.23. The highest BCUT2D eigenvalue weighted by Gasteiger charge is 2.32. The molecule has 1 aromatic rings. The summed E-state index contributed by atoms with van der Waals surface area (Å²) >= 11 is 0. The molecular weight excluding hydrogens is 236 g/mol. The number of likely N-dealkylation sites (N-methyl/N-ethyl adjacent to an activating group) is 1. The predicted octanol–water partition coefficient (Wildman–Crippen LogP) is 2.39. The van der Waals surface area contributed by atoms with Crippen LogP contribution in [0.4, 0.5) is 5.69 Å². The van der Waals surface area contributed by atoms with Gasteiger partial charge in [-0.1, -0.05) is 31.0 Å². The molecule has 0 spiro atoms. The van der Waals surface area contributed by atoms with Gasteiger partial charge in [-0.3, -0.25) is 4.90 Å². The van der Waals surface area contributed by atoms with E-state index < -0.39 is 5.60 Å². The molecule has 0 unspecified atom stereocenters. The summed E-state index contributed by atoms with van der Waals surface area (Å²) in [5.41, 5.74) is 3.68. The van der Waals surface area contributed by atoms with Crippen LogP contribution in [0.3, 0.4) is 0 Å². The van der Waals surface area contributed by atoms with Crippen molar-refractivity contribution < 1.29 is 5.11 Å². The number of para-hydroxylation sites is 1. The van der Waals surface area contributed by atoms with E-state index in [-0.39, 0.29) is 0 Å². The van der Waals surface area contributed by atoms with E-state index in [4.69, 9.17) is 0 Å². The Balaban J connectivity index is 1.66. The van der Waals surface area contributed by atoms with Crippen molar-refractivity contribution in [2.75, 3.05) is 25.5 Å². The molecular formula is C16H24N2O. The van der Waals surface area contributed by atoms with Gasteiger partial charge in [0.15, 0.2) is 0 Å². The summed E-state index contributed by atoms with van der Waals surface area (Å²) in [5.74, 6) is 0. The van der Waals surface area contributed by atoms with Crippen LogP contribution < -0.4 is 5.32 Å². The fourth-order valence-corrected chi connectivity index (χ4v) is 3.58. The molecule has 0 saturated heterocycles. The molecule has 0 atom stereocenters. The lowest BCUT2D eigenvalue weighted by Gasteiger charge is -2.29. The van der Waals surface area contributed by atoms with E-state index in [0.29, 0.717) is 0 Å². The van der Waals surface area contributed by atoms with Gasteiger partial charge in [-0.05, 0) is 37.4 Å². The van der Waals surface area contributed by atoms with Crippen LogP contribution in [0.25, 0.3) is 0 Å². The van der Waals surface area contributed by atoms with Gasteiger partial charge < -0.3 is 10.4 Å². The number of hydrogen-bond acceptors (Lipinski definition) is 3. The maximum Gasteiger partial charge on any atom is 0.0774 e. The second kappa shape index (κ2) is 5.14. The number of fused-ring (bicyclic) bond motifs is 1. The van der Waals surface area contributed by atoms with Crippen molar-refractivity contribution in [2.45, 2.75) is 44.2 Å². The van der Waals surface area contributed by atoms with Gasteiger partial charge in [0.25, 0.3) is 0 Å². The lowest BCUT2D eigenvalue weighted by molar-refractivity contribution is 0.0146. The van der Waals surface area contributed by atoms with Crippen LogP contribution >= 0.6 is 0 Å². The molecule has 0 radical (unpaired) electrons. The average Bonchev–Trinajstić information content (AvgIpc) is 2.98. The first-order chi connectivity index (χ1) is 9.16. The van der Waals surface area contributed by atoms with Gasteiger partial charge in [0.2, 0.25) is 0 Å². The first-order valence-electron chi connectivity index (χ1n) is 7.42. The van der Waals surface area contributed by atoms with E-state index in [1.165, 1.54) is 29.7 Å². The van der Waals surface area contributed by atoms with Crippen molar-refractivity contribution >= 4 is 5.69 Å². The molecule has 0 bridgehead atoms. The number of nitrogens with one attached hydrogen (secondary N) is 1. The average molecular weight is 260 g/mol. The molecule has 19 heavy (non-hydrogen) atoms. The van der Waals surface area contributed by atoms with E-state index in [2.05, 4.69) is 35.5 Å². The van der Waals surface area contributed by atoms with Crippen LogP contribution in [0.5, 0.6) is 0 Å². The Morgan fingerprint density at radius 2 is 2.11 bits per heavy atom. The first kappa shape index (κ1) is 12.9. The third kappa shape index (κ3) is 2.77. The zero-order valence-corrected chi connectivity index (χ0v) is 11.8. The number of anilines is 1. The highest BCUT2D eigenvalue weighted by molar-refractivity contribution is 5.61. The van der Waals surface area contributed by atoms with Crippen molar-refractivity contribution in [3.63, 3.8) is 0 Å². The van der Waals surface area contributed by atoms with Crippen LogP contribution in [-0.2, 0) is 13.0 Å². The molecule has 0 amide bonds. The molecule has 1 fully saturated rings. The van der Waals surface area contributed by atoms with Crippen molar-refractivity contribution in [3.05, 3.63) is 29.3 Å². The molecule has 1 aliphatic heterocycles. The van der Waals surface area contributed by atoms with E-state index >= 15 is 0 Å². The van der Waals surface area contributed by atoms with Gasteiger partial charge in [0.05, 0.1) is 5.60 Å². The van der Waals surface area contributed by atoms with Crippen molar-refractivity contribution in [3.8, 4) is 0 Å². The Kier molecular flexibility index (Phi) is 3.50. The molecule has 3 rings (SSSR count). The summed E-state index contributed by atoms with van der Waals surface area (Å²) in [6.07, 6.45) is 5.40. The number of aliphatic hydroxyl groups is 1. The summed E-state index contributed by atoms with van der Waals surface area (Å²) in [4.78, 5) is 2.26. The van der Waals surface area contributed by atoms with Crippen LogP contribution in [0.15, 0.2) is 18.2 Å². The number of hydrogen-bond donors (Lipinski definition) is 2. The molecule has 104 valence electrons. The van der Waals surface area contributed by atoms with Gasteiger partial charge >= 0.3 is 0 Å². The first-order valence-corrected chi connectivity index (χ1v) is 7.42. The van der Waals surface area contributed by atoms with Gasteiger partial charge in [0, 0.05) is 25.3 Å². The fraction of sp³-hybridized carbons (Fsp3) is 0.625. The fourth-order valence-electron chi connectivity index (χ4n) is 3.58. The normalized spacial score (nSPS) is 20.6. The van der Waals surface area contributed by atoms with Crippen LogP contribution in [0, 0.1) is 0 Å². The minimum atomic E-state index is -0.444. The summed E-state index contributed by atoms with van der Waals surface area (Å²) in [7, 11) is 2.12. The van der Waals surface area contributed by atoms with Crippen molar-refractivity contribution in [2.24, 2.45) is 0 Å². The highest BCUT2D eigenvalue weighted by Crippen LogP contribution is 2.31. The van der Waals surface area contributed by atoms with Crippen molar-refractivity contribution in [1.82, 2.24) is 4.90 Å². The van der Waals surface area contributed by atoms with Gasteiger partial charge in [0.1, 0.15) is 0 Å². The number of rotatable bonds is 4. The van der Waals surface area contributed by atoms with Crippen molar-refractivity contribution in [1.29, 1.82) is 0 Å². The number of benzene rings is 1. The Hall–Kier alpha value is -1.06. The highest BCUT2D eigenvalue weighted by atomic mass is 16.3. The molecule has 1 heterocycles. The zero-order chi connectivity index (χ0) is 13.3. The van der Waals surface area contributed by atoms with Gasteiger partial charge in [-0.15, -0.1) is 0 Å². The molecule has 2 aliphatic rings. The van der Waals surface area contributed by atoms with Crippen LogP contribution in [-0.4, -0.2) is 35.7 Å². The minimum Gasteiger partial charge on any atom is -0.389 e. The quantitative estimate of drug-likeness (QED) is 0.872. The van der Waals surface area contributed by atoms with E-state index in [9.17, 15) is 5.11 Å². The molecule has 0 aromatic heterocycles. The molecule has 1 saturated carbocycles. The SMILES string of the molecule is CN(Cc1cccc2c1NCC2)CC1(O)CCCC1. The smallest absolute Gasteiger partial charge is 0.0774 e. The lowest BCUT2D eigenvalue weighted by Crippen LogP contribution is -2.38. The predicted molar refractivity (Wildman–Crippen MR) is 78.4 cm³/mol. The van der Waals surface area contributed by atoms with Crippen LogP contribution in [0.1, 0.15) is 36.8 Å². The summed E-state index contributed by atoms with van der Waals surface area (Å²) in [6.45, 7) is 2.76. The molecule has 1 aliphatic carbocycles. The minimum absolute atomic E-state index is 0.444. The van der Waals surface area contributed by atoms with E-state index in [0.717, 1.165) is 38.9 Å². The van der Waals surface area contributed by atoms with E-state index in [1.807, 2.05) is 0 Å². The Labute approximate surface area is 115 Å². The largest absolute Gasteiger partial charge is 0.389 e. The molecule has 3 nitrogen and oxygen atoms in total. The van der Waals surface area contributed by atoms with Gasteiger partial charge in [-0.25, -0.2) is 0 Å². The standard InChI is InChI=1S/C16H24N2O/c1-18(12-16(19)8-2-3-9-16)11-14-6-4-5-13-7-10-17-15(13)14/h4-6,17,19H,2-3,7-12H2,1H3. The maximum atomic E-state index is 10.5. The third-order valence-electron chi connectivity index (χ3n) is 4.47. The third-order valence-corrected chi connectivity index (χ3v) is 4.47. The zero-order valence-electron chi connectivity index (χ0n) is 11.8. The Morgan fingerprint density at radius 1 is 1.32 bits per heavy atom. The lowest BCUT2D eigenvalue weighted by atomic mass is 10.0. The maximum absolute atomic E-state index is 10.5. The Morgan fingerprint density at radius 3 is 2.89 bits per heavy atom. The molecule has 2 N–H and O–H groups in total. The topological polar surface area (TPSA) is 35.5 Å². The molecule has 1 aromatic carbocycles. The van der Waals surface area contributed by atoms with Gasteiger partial charge in [-0.2, -0.15) is 0 Å². The molecule has 3 heteroatoms. The monoisotopic (exact) mass is 260 g/mol.